The molecule has 8 rings (SSSR count). The molecule has 6 aliphatic carbocycles. The van der Waals surface area contributed by atoms with E-state index in [9.17, 15) is 43.8 Å². The van der Waals surface area contributed by atoms with E-state index in [0.717, 1.165) is 103 Å². The highest BCUT2D eigenvalue weighted by Gasteiger charge is 2.75. The zero-order valence-corrected chi connectivity index (χ0v) is 45.5. The van der Waals surface area contributed by atoms with Gasteiger partial charge in [-0.15, -0.1) is 58.8 Å². The number of alkyl halides is 4. The van der Waals surface area contributed by atoms with E-state index in [0.29, 0.717) is 18.8 Å². The zero-order chi connectivity index (χ0) is 51.9. The Morgan fingerprint density at radius 1 is 0.595 bits per heavy atom. The number of carbonyl (C=O) groups excluding carboxylic acids is 7. The fraction of sp³-hybridized carbons (Fsp3) is 0.863. The molecule has 0 spiro atoms. The molecule has 0 bridgehead atoms. The Morgan fingerprint density at radius 2 is 0.973 bits per heavy atom. The molecule has 0 radical (unpaired) electrons. The number of amides is 8. The van der Waals surface area contributed by atoms with Crippen LogP contribution in [-0.4, -0.2) is 137 Å². The Hall–Kier alpha value is -2.58. The number of nitrogens with zero attached hydrogens (tertiary/aromatic N) is 2. The van der Waals surface area contributed by atoms with Gasteiger partial charge in [-0.1, -0.05) is 91.9 Å². The van der Waals surface area contributed by atoms with Gasteiger partial charge >= 0.3 is 6.03 Å². The third-order valence-electron chi connectivity index (χ3n) is 17.0. The summed E-state index contributed by atoms with van der Waals surface area (Å²) < 4.78 is -2.22. The molecule has 12 atom stereocenters. The van der Waals surface area contributed by atoms with Gasteiger partial charge in [-0.05, 0) is 83.0 Å². The Labute approximate surface area is 464 Å². The first kappa shape index (κ1) is 63.9. The summed E-state index contributed by atoms with van der Waals surface area (Å²) in [7, 11) is 0. The molecule has 23 heteroatoms. The summed E-state index contributed by atoms with van der Waals surface area (Å²) in [6, 6.07) is -5.45. The standard InChI is InChI=1S/C27H43Cl2N5O5.C22H34Cl2N4O4.2CH4.ClH/c1-26(2,3)33-25(39)32-19(15-10-5-4-6-11-15)24(38)34-13-16-18(27(16,28)29)20(34)23(37)31-17(21(35)22(30)36)12-14-8-7-9-14;23-22(24)13-10-28(21(32)16(25)12-7-2-1-3-8-12)17(15(13)22)20(31)27-14(18(29)19(26)30)9-11-5-4-6-11;;;/h14-21,35H,4-13H2,1-3H3,(H2,30,36)(H,31,37)(H2,32,33,39);11-18,29H,1-10,25H2,(H2,26,30)(H,27,31);2*1H4;1H/t16-,17?,18-,19-,20-,21?;13-,14?,15-,16-,17-,18?;;;/m00.../s1. The fourth-order valence-corrected chi connectivity index (χ4v) is 14.0. The molecular formula is C51H86Cl5N9O9. The SMILES string of the molecule is C.C.CC(C)(C)NC(=O)N[C@H](C(=O)N1C[C@H]2[C@@H]([C@H]1C(=O)NC(CC1CCC1)C(O)C(N)=O)C2(Cl)Cl)C1CCCCC1.Cl.NC(=O)C(O)C(CC1CCC1)NC(=O)[C@@H]1[C@@H]2[C@H](CN1C(=O)[C@@H](N)C1CCCCC1)C2(Cl)Cl. The molecule has 12 N–H and O–H groups in total. The molecule has 0 aromatic carbocycles. The van der Waals surface area contributed by atoms with E-state index in [1.54, 1.807) is 0 Å². The number of piperidine rings is 2. The maximum absolute atomic E-state index is 14.1. The van der Waals surface area contributed by atoms with Crippen LogP contribution in [0.3, 0.4) is 0 Å². The Morgan fingerprint density at radius 3 is 1.32 bits per heavy atom. The molecule has 74 heavy (non-hydrogen) atoms. The smallest absolute Gasteiger partial charge is 0.315 e. The lowest BCUT2D eigenvalue weighted by atomic mass is 9.79. The second kappa shape index (κ2) is 25.9. The van der Waals surface area contributed by atoms with Crippen LogP contribution < -0.4 is 38.5 Å². The number of halogens is 5. The molecule has 2 saturated heterocycles. The van der Waals surface area contributed by atoms with Gasteiger partial charge in [-0.3, -0.25) is 28.8 Å². The third kappa shape index (κ3) is 14.4. The third-order valence-corrected chi connectivity index (χ3v) is 19.1. The molecule has 18 nitrogen and oxygen atoms in total. The molecule has 4 unspecified atom stereocenters. The first-order valence-electron chi connectivity index (χ1n) is 26.1. The highest BCUT2D eigenvalue weighted by atomic mass is 35.5. The van der Waals surface area contributed by atoms with E-state index in [1.807, 2.05) is 20.8 Å². The molecule has 0 aromatic rings. The van der Waals surface area contributed by atoms with Crippen LogP contribution in [0.15, 0.2) is 0 Å². The monoisotopic (exact) mass is 1140 g/mol. The summed E-state index contributed by atoms with van der Waals surface area (Å²) in [6.45, 7) is 6.05. The number of likely N-dealkylation sites (tertiary alicyclic amines) is 2. The molecule has 8 aliphatic rings. The summed E-state index contributed by atoms with van der Waals surface area (Å²) in [5.41, 5.74) is 16.6. The Bertz CT molecular complexity index is 2000. The highest BCUT2D eigenvalue weighted by Crippen LogP contribution is 2.66. The molecule has 2 heterocycles. The van der Waals surface area contributed by atoms with E-state index in [-0.39, 0.29) is 81.8 Å². The molecule has 8 fully saturated rings. The summed E-state index contributed by atoms with van der Waals surface area (Å²) in [6.07, 6.45) is 13.5. The van der Waals surface area contributed by atoms with E-state index in [1.165, 1.54) is 9.80 Å². The molecule has 8 amide bonds. The van der Waals surface area contributed by atoms with Gasteiger partial charge in [-0.25, -0.2) is 4.79 Å². The summed E-state index contributed by atoms with van der Waals surface area (Å²) in [5, 5.41) is 32.2. The fourth-order valence-electron chi connectivity index (χ4n) is 12.3. The van der Waals surface area contributed by atoms with Crippen molar-refractivity contribution in [2.75, 3.05) is 13.1 Å². The van der Waals surface area contributed by atoms with Crippen LogP contribution in [0.1, 0.15) is 151 Å². The number of aliphatic hydroxyl groups excluding tert-OH is 2. The second-order valence-electron chi connectivity index (χ2n) is 23.1. The van der Waals surface area contributed by atoms with Crippen LogP contribution in [0.4, 0.5) is 4.79 Å². The zero-order valence-electron chi connectivity index (χ0n) is 41.7. The van der Waals surface area contributed by atoms with Crippen molar-refractivity contribution >= 4 is 100 Å². The number of nitrogens with one attached hydrogen (secondary N) is 4. The lowest BCUT2D eigenvalue weighted by Gasteiger charge is -2.38. The van der Waals surface area contributed by atoms with E-state index in [4.69, 9.17) is 63.6 Å². The van der Waals surface area contributed by atoms with Gasteiger partial charge in [0.25, 0.3) is 0 Å². The van der Waals surface area contributed by atoms with Gasteiger partial charge in [0.15, 0.2) is 12.2 Å². The van der Waals surface area contributed by atoms with Gasteiger partial charge in [-0.2, -0.15) is 0 Å². The van der Waals surface area contributed by atoms with Gasteiger partial charge < -0.3 is 58.5 Å². The van der Waals surface area contributed by atoms with Gasteiger partial charge in [0.05, 0.1) is 18.1 Å². The maximum Gasteiger partial charge on any atom is 0.315 e. The predicted octanol–water partition coefficient (Wildman–Crippen LogP) is 4.92. The van der Waals surface area contributed by atoms with Crippen molar-refractivity contribution in [1.29, 1.82) is 0 Å². The molecule has 6 saturated carbocycles. The van der Waals surface area contributed by atoms with Gasteiger partial charge in [0, 0.05) is 42.3 Å². The lowest BCUT2D eigenvalue weighted by Crippen LogP contribution is -2.61. The maximum atomic E-state index is 14.1. The summed E-state index contributed by atoms with van der Waals surface area (Å²) in [5.74, 6) is -4.11. The molecule has 2 aliphatic heterocycles. The van der Waals surface area contributed by atoms with Gasteiger partial charge in [0.1, 0.15) is 26.8 Å². The quantitative estimate of drug-likeness (QED) is 0.0886. The Balaban J connectivity index is 0.000000313. The number of hydrogen-bond acceptors (Lipinski definition) is 10. The number of primary amides is 2. The minimum atomic E-state index is -1.55. The number of rotatable bonds is 17. The van der Waals surface area contributed by atoms with Crippen molar-refractivity contribution in [2.45, 2.75) is 214 Å². The number of carbonyl (C=O) groups is 7. The van der Waals surface area contributed by atoms with E-state index >= 15 is 0 Å². The van der Waals surface area contributed by atoms with E-state index < -0.39 is 104 Å². The van der Waals surface area contributed by atoms with Crippen LogP contribution in [0.25, 0.3) is 0 Å². The van der Waals surface area contributed by atoms with Crippen molar-refractivity contribution in [3.8, 4) is 0 Å². The number of nitrogens with two attached hydrogens (primary N) is 3. The summed E-state index contributed by atoms with van der Waals surface area (Å²) in [4.78, 5) is 93.8. The second-order valence-corrected chi connectivity index (χ2v) is 26.0. The average molecular weight is 1150 g/mol. The first-order chi connectivity index (χ1) is 33.3. The summed E-state index contributed by atoms with van der Waals surface area (Å²) >= 11 is 25.8. The minimum absolute atomic E-state index is 0. The van der Waals surface area contributed by atoms with Crippen molar-refractivity contribution in [2.24, 2.45) is 64.5 Å². The van der Waals surface area contributed by atoms with Crippen molar-refractivity contribution < 1.29 is 43.8 Å². The van der Waals surface area contributed by atoms with Crippen LogP contribution >= 0.6 is 58.8 Å². The van der Waals surface area contributed by atoms with Crippen LogP contribution in [-0.2, 0) is 28.8 Å². The van der Waals surface area contributed by atoms with Crippen LogP contribution in [0.2, 0.25) is 0 Å². The predicted molar refractivity (Wildman–Crippen MR) is 289 cm³/mol. The van der Waals surface area contributed by atoms with Crippen molar-refractivity contribution in [3.05, 3.63) is 0 Å². The molecule has 424 valence electrons. The number of aliphatic hydroxyl groups is 2. The number of fused-ring (bicyclic) bond motifs is 2. The van der Waals surface area contributed by atoms with Gasteiger partial charge in [0.2, 0.25) is 35.4 Å². The largest absolute Gasteiger partial charge is 0.381 e. The molecular weight excluding hydrogens is 1060 g/mol. The average Bonchev–Trinajstić information content (AvgIpc) is 3.73. The first-order valence-corrected chi connectivity index (χ1v) is 27.6. The normalized spacial score (nSPS) is 29.2. The van der Waals surface area contributed by atoms with Crippen LogP contribution in [0.5, 0.6) is 0 Å². The van der Waals surface area contributed by atoms with Crippen molar-refractivity contribution in [3.63, 3.8) is 0 Å². The number of hydrogen-bond donors (Lipinski definition) is 9. The van der Waals surface area contributed by atoms with E-state index in [2.05, 4.69) is 21.3 Å². The Kier molecular flexibility index (Phi) is 22.4. The number of urea groups is 1. The van der Waals surface area contributed by atoms with Crippen molar-refractivity contribution in [1.82, 2.24) is 31.1 Å². The molecule has 0 aromatic heterocycles. The van der Waals surface area contributed by atoms with Crippen LogP contribution in [0, 0.1) is 47.3 Å². The highest BCUT2D eigenvalue weighted by molar-refractivity contribution is 6.52. The topological polar surface area (TPSA) is 293 Å². The lowest BCUT2D eigenvalue weighted by molar-refractivity contribution is -0.143. The minimum Gasteiger partial charge on any atom is -0.381 e.